The lowest BCUT2D eigenvalue weighted by molar-refractivity contribution is 0.374. The Kier molecular flexibility index (Phi) is 4.44. The monoisotopic (exact) mass is 234 g/mol. The summed E-state index contributed by atoms with van der Waals surface area (Å²) < 4.78 is 0. The van der Waals surface area contributed by atoms with E-state index in [1.807, 2.05) is 12.1 Å². The highest BCUT2D eigenvalue weighted by Crippen LogP contribution is 2.17. The van der Waals surface area contributed by atoms with Crippen LogP contribution in [0.1, 0.15) is 27.2 Å². The molecule has 1 aromatic carbocycles. The molecule has 0 aliphatic carbocycles. The molecule has 0 aromatic heterocycles. The molecule has 0 unspecified atom stereocenters. The van der Waals surface area contributed by atoms with E-state index in [1.165, 1.54) is 0 Å². The number of rotatable bonds is 5. The first-order valence-corrected chi connectivity index (χ1v) is 5.86. The van der Waals surface area contributed by atoms with Crippen LogP contribution in [0.15, 0.2) is 36.7 Å². The summed E-state index contributed by atoms with van der Waals surface area (Å²) in [5.74, 6) is 1.04. The first-order chi connectivity index (χ1) is 7.87. The van der Waals surface area contributed by atoms with Crippen LogP contribution in [0.2, 0.25) is 0 Å². The molecule has 0 heterocycles. The standard InChI is InChI=1S/C14H22N2O/c1-11(15-10-9-14(2,3)4)16-12-5-7-13(17)8-6-12/h5-8,15-17H,1,9-10H2,2-4H3. The molecule has 0 aliphatic rings. The maximum Gasteiger partial charge on any atom is 0.115 e. The Morgan fingerprint density at radius 2 is 1.82 bits per heavy atom. The van der Waals surface area contributed by atoms with E-state index in [4.69, 9.17) is 5.11 Å². The Balaban J connectivity index is 2.32. The van der Waals surface area contributed by atoms with Crippen molar-refractivity contribution in [2.45, 2.75) is 27.2 Å². The zero-order valence-electron chi connectivity index (χ0n) is 10.9. The molecule has 0 bridgehead atoms. The van der Waals surface area contributed by atoms with Crippen LogP contribution in [0.25, 0.3) is 0 Å². The minimum Gasteiger partial charge on any atom is -0.508 e. The minimum absolute atomic E-state index is 0.266. The normalized spacial score (nSPS) is 11.0. The van der Waals surface area contributed by atoms with Gasteiger partial charge in [0.1, 0.15) is 5.75 Å². The van der Waals surface area contributed by atoms with E-state index in [9.17, 15) is 0 Å². The van der Waals surface area contributed by atoms with Gasteiger partial charge in [0, 0.05) is 12.2 Å². The number of benzene rings is 1. The lowest BCUT2D eigenvalue weighted by atomic mass is 9.92. The van der Waals surface area contributed by atoms with Crippen molar-refractivity contribution in [3.63, 3.8) is 0 Å². The molecule has 3 N–H and O–H groups in total. The van der Waals surface area contributed by atoms with E-state index >= 15 is 0 Å². The molecular formula is C14H22N2O. The van der Waals surface area contributed by atoms with Crippen molar-refractivity contribution >= 4 is 5.69 Å². The second-order valence-corrected chi connectivity index (χ2v) is 5.39. The largest absolute Gasteiger partial charge is 0.508 e. The summed E-state index contributed by atoms with van der Waals surface area (Å²) in [4.78, 5) is 0. The molecule has 0 saturated heterocycles. The van der Waals surface area contributed by atoms with Gasteiger partial charge in [-0.3, -0.25) is 0 Å². The van der Waals surface area contributed by atoms with Gasteiger partial charge in [-0.2, -0.15) is 0 Å². The second kappa shape index (κ2) is 5.62. The smallest absolute Gasteiger partial charge is 0.115 e. The second-order valence-electron chi connectivity index (χ2n) is 5.39. The van der Waals surface area contributed by atoms with E-state index in [2.05, 4.69) is 38.0 Å². The Bertz CT molecular complexity index is 363. The lowest BCUT2D eigenvalue weighted by Gasteiger charge is -2.19. The molecule has 1 aromatic rings. The number of anilines is 1. The Hall–Kier alpha value is -1.64. The Morgan fingerprint density at radius 1 is 1.24 bits per heavy atom. The third-order valence-electron chi connectivity index (χ3n) is 2.38. The van der Waals surface area contributed by atoms with Gasteiger partial charge in [0.25, 0.3) is 0 Å². The fraction of sp³-hybridized carbons (Fsp3) is 0.429. The van der Waals surface area contributed by atoms with Gasteiger partial charge in [-0.15, -0.1) is 0 Å². The molecule has 0 spiro atoms. The molecule has 17 heavy (non-hydrogen) atoms. The van der Waals surface area contributed by atoms with Crippen LogP contribution in [-0.4, -0.2) is 11.7 Å². The Morgan fingerprint density at radius 3 is 2.35 bits per heavy atom. The Labute approximate surface area is 104 Å². The number of hydrogen-bond donors (Lipinski definition) is 3. The molecule has 94 valence electrons. The number of phenolic OH excluding ortho intramolecular Hbond substituents is 1. The summed E-state index contributed by atoms with van der Waals surface area (Å²) in [6.45, 7) is 11.4. The quantitative estimate of drug-likeness (QED) is 0.685. The van der Waals surface area contributed by atoms with Crippen LogP contribution >= 0.6 is 0 Å². The third kappa shape index (κ3) is 5.85. The summed E-state index contributed by atoms with van der Waals surface area (Å²) in [6, 6.07) is 6.91. The van der Waals surface area contributed by atoms with Gasteiger partial charge in [0.2, 0.25) is 0 Å². The van der Waals surface area contributed by atoms with Gasteiger partial charge in [-0.05, 0) is 36.1 Å². The molecule has 1 rings (SSSR count). The van der Waals surface area contributed by atoms with Crippen molar-refractivity contribution in [2.24, 2.45) is 5.41 Å². The number of phenols is 1. The SMILES string of the molecule is C=C(NCCC(C)(C)C)Nc1ccc(O)cc1. The van der Waals surface area contributed by atoms with Crippen LogP contribution in [0.3, 0.4) is 0 Å². The summed E-state index contributed by atoms with van der Waals surface area (Å²) in [6.07, 6.45) is 1.09. The van der Waals surface area contributed by atoms with Gasteiger partial charge in [0.15, 0.2) is 0 Å². The van der Waals surface area contributed by atoms with Crippen LogP contribution in [0.5, 0.6) is 5.75 Å². The summed E-state index contributed by atoms with van der Waals surface area (Å²) >= 11 is 0. The molecule has 0 fully saturated rings. The number of aromatic hydroxyl groups is 1. The summed E-state index contributed by atoms with van der Waals surface area (Å²) in [5.41, 5.74) is 1.24. The lowest BCUT2D eigenvalue weighted by Crippen LogP contribution is -2.23. The predicted molar refractivity (Wildman–Crippen MR) is 72.9 cm³/mol. The first-order valence-electron chi connectivity index (χ1n) is 5.86. The van der Waals surface area contributed by atoms with Crippen molar-refractivity contribution in [1.29, 1.82) is 0 Å². The molecular weight excluding hydrogens is 212 g/mol. The van der Waals surface area contributed by atoms with Gasteiger partial charge in [0.05, 0.1) is 5.82 Å². The van der Waals surface area contributed by atoms with Gasteiger partial charge in [-0.25, -0.2) is 0 Å². The van der Waals surface area contributed by atoms with Crippen molar-refractivity contribution in [1.82, 2.24) is 5.32 Å². The third-order valence-corrected chi connectivity index (χ3v) is 2.38. The summed E-state index contributed by atoms with van der Waals surface area (Å²) in [7, 11) is 0. The highest BCUT2D eigenvalue weighted by atomic mass is 16.3. The van der Waals surface area contributed by atoms with Gasteiger partial charge < -0.3 is 15.7 Å². The molecule has 0 amide bonds. The highest BCUT2D eigenvalue weighted by Gasteiger charge is 2.08. The fourth-order valence-electron chi connectivity index (χ4n) is 1.35. The van der Waals surface area contributed by atoms with E-state index < -0.39 is 0 Å². The van der Waals surface area contributed by atoms with E-state index in [0.717, 1.165) is 24.5 Å². The topological polar surface area (TPSA) is 44.3 Å². The molecule has 3 heteroatoms. The molecule has 0 atom stereocenters. The molecule has 3 nitrogen and oxygen atoms in total. The van der Waals surface area contributed by atoms with Crippen LogP contribution < -0.4 is 10.6 Å². The fourth-order valence-corrected chi connectivity index (χ4v) is 1.35. The molecule has 0 radical (unpaired) electrons. The van der Waals surface area contributed by atoms with Crippen molar-refractivity contribution in [2.75, 3.05) is 11.9 Å². The number of hydrogen-bond acceptors (Lipinski definition) is 3. The molecule has 0 aliphatic heterocycles. The van der Waals surface area contributed by atoms with Crippen molar-refractivity contribution in [3.8, 4) is 5.75 Å². The van der Waals surface area contributed by atoms with Crippen LogP contribution in [0, 0.1) is 5.41 Å². The summed E-state index contributed by atoms with van der Waals surface area (Å²) in [5, 5.41) is 15.5. The van der Waals surface area contributed by atoms with E-state index in [1.54, 1.807) is 12.1 Å². The average molecular weight is 234 g/mol. The zero-order valence-corrected chi connectivity index (χ0v) is 10.9. The zero-order chi connectivity index (χ0) is 12.9. The average Bonchev–Trinajstić information content (AvgIpc) is 2.19. The van der Waals surface area contributed by atoms with Crippen LogP contribution in [-0.2, 0) is 0 Å². The first kappa shape index (κ1) is 13.4. The van der Waals surface area contributed by atoms with Gasteiger partial charge in [-0.1, -0.05) is 27.4 Å². The minimum atomic E-state index is 0.266. The maximum atomic E-state index is 9.16. The maximum absolute atomic E-state index is 9.16. The van der Waals surface area contributed by atoms with Crippen molar-refractivity contribution in [3.05, 3.63) is 36.7 Å². The van der Waals surface area contributed by atoms with Gasteiger partial charge >= 0.3 is 0 Å². The van der Waals surface area contributed by atoms with Crippen LogP contribution in [0.4, 0.5) is 5.69 Å². The number of nitrogens with one attached hydrogen (secondary N) is 2. The van der Waals surface area contributed by atoms with Crippen molar-refractivity contribution < 1.29 is 5.11 Å². The molecule has 0 saturated carbocycles. The van der Waals surface area contributed by atoms with E-state index in [0.29, 0.717) is 5.41 Å². The predicted octanol–water partition coefficient (Wildman–Crippen LogP) is 3.30. The highest BCUT2D eigenvalue weighted by molar-refractivity contribution is 5.49. The van der Waals surface area contributed by atoms with E-state index in [-0.39, 0.29) is 5.75 Å².